The number of carbonyl (C=O) groups excluding carboxylic acids is 2. The van der Waals surface area contributed by atoms with E-state index in [-0.39, 0.29) is 35.1 Å². The van der Waals surface area contributed by atoms with Crippen LogP contribution in [0.1, 0.15) is 66.9 Å². The molecule has 0 bridgehead atoms. The van der Waals surface area contributed by atoms with Crippen LogP contribution < -0.4 is 5.32 Å². The fourth-order valence-electron chi connectivity index (χ4n) is 5.56. The Kier molecular flexibility index (Phi) is 7.27. The van der Waals surface area contributed by atoms with Crippen molar-refractivity contribution in [3.8, 4) is 0 Å². The van der Waals surface area contributed by atoms with E-state index in [4.69, 9.17) is 0 Å². The summed E-state index contributed by atoms with van der Waals surface area (Å²) < 4.78 is 28.3. The van der Waals surface area contributed by atoms with E-state index in [0.29, 0.717) is 37.3 Å². The van der Waals surface area contributed by atoms with E-state index in [0.717, 1.165) is 24.5 Å². The van der Waals surface area contributed by atoms with Gasteiger partial charge in [-0.1, -0.05) is 24.3 Å². The highest BCUT2D eigenvalue weighted by atomic mass is 19.1. The quantitative estimate of drug-likeness (QED) is 0.695. The highest BCUT2D eigenvalue weighted by molar-refractivity contribution is 5.95. The van der Waals surface area contributed by atoms with E-state index in [1.165, 1.54) is 12.1 Å². The van der Waals surface area contributed by atoms with Crippen molar-refractivity contribution in [3.05, 3.63) is 70.8 Å². The first-order valence-electron chi connectivity index (χ1n) is 12.4. The molecule has 5 nitrogen and oxygen atoms in total. The molecule has 2 aromatic rings. The Morgan fingerprint density at radius 2 is 1.66 bits per heavy atom. The topological polar surface area (TPSA) is 52.7 Å². The van der Waals surface area contributed by atoms with Crippen LogP contribution in [0.5, 0.6) is 0 Å². The van der Waals surface area contributed by atoms with Crippen LogP contribution in [0.2, 0.25) is 0 Å². The minimum atomic E-state index is -0.612. The van der Waals surface area contributed by atoms with Crippen LogP contribution in [0, 0.1) is 17.6 Å². The molecule has 2 aromatic carbocycles. The van der Waals surface area contributed by atoms with Crippen LogP contribution >= 0.6 is 0 Å². The van der Waals surface area contributed by atoms with Crippen molar-refractivity contribution in [2.45, 2.75) is 51.0 Å². The molecule has 0 aliphatic carbocycles. The lowest BCUT2D eigenvalue weighted by molar-refractivity contribution is -0.136. The predicted molar refractivity (Wildman–Crippen MR) is 132 cm³/mol. The van der Waals surface area contributed by atoms with Crippen LogP contribution in [-0.4, -0.2) is 60.4 Å². The van der Waals surface area contributed by atoms with Crippen molar-refractivity contribution in [2.75, 3.05) is 33.2 Å². The van der Waals surface area contributed by atoms with E-state index in [2.05, 4.69) is 31.0 Å². The van der Waals surface area contributed by atoms with Gasteiger partial charge in [0.05, 0.1) is 5.92 Å². The molecule has 4 rings (SSSR count). The maximum Gasteiger partial charge on any atom is 0.251 e. The van der Waals surface area contributed by atoms with Crippen LogP contribution in [-0.2, 0) is 4.79 Å². The van der Waals surface area contributed by atoms with Crippen LogP contribution in [0.4, 0.5) is 8.78 Å². The molecule has 2 atom stereocenters. The molecule has 2 fully saturated rings. The molecule has 188 valence electrons. The van der Waals surface area contributed by atoms with Gasteiger partial charge in [0.25, 0.3) is 5.91 Å². The Morgan fingerprint density at radius 3 is 2.29 bits per heavy atom. The van der Waals surface area contributed by atoms with Gasteiger partial charge in [0.2, 0.25) is 5.91 Å². The van der Waals surface area contributed by atoms with Gasteiger partial charge in [-0.25, -0.2) is 8.78 Å². The molecule has 0 spiro atoms. The van der Waals surface area contributed by atoms with Gasteiger partial charge >= 0.3 is 0 Å². The van der Waals surface area contributed by atoms with Crippen molar-refractivity contribution in [2.24, 2.45) is 5.92 Å². The van der Waals surface area contributed by atoms with Gasteiger partial charge in [-0.05, 0) is 62.8 Å². The molecule has 7 heteroatoms. The fraction of sp³-hybridized carbons (Fsp3) is 0.500. The fourth-order valence-corrected chi connectivity index (χ4v) is 5.56. The monoisotopic (exact) mass is 483 g/mol. The van der Waals surface area contributed by atoms with Crippen molar-refractivity contribution in [1.29, 1.82) is 0 Å². The molecular formula is C28H35F2N3O2. The van der Waals surface area contributed by atoms with Gasteiger partial charge in [0, 0.05) is 56.3 Å². The van der Waals surface area contributed by atoms with Crippen molar-refractivity contribution in [3.63, 3.8) is 0 Å². The third-order valence-corrected chi connectivity index (χ3v) is 7.63. The molecule has 35 heavy (non-hydrogen) atoms. The summed E-state index contributed by atoms with van der Waals surface area (Å²) in [6.45, 7) is 8.56. The zero-order chi connectivity index (χ0) is 25.3. The summed E-state index contributed by atoms with van der Waals surface area (Å²) in [5.41, 5.74) is 1.94. The molecular weight excluding hydrogens is 448 g/mol. The minimum absolute atomic E-state index is 0.0310. The average Bonchev–Trinajstić information content (AvgIpc) is 3.29. The first kappa shape index (κ1) is 25.3. The summed E-state index contributed by atoms with van der Waals surface area (Å²) in [6, 6.07) is 11.3. The predicted octanol–water partition coefficient (Wildman–Crippen LogP) is 4.54. The summed E-state index contributed by atoms with van der Waals surface area (Å²) in [7, 11) is 1.63. The van der Waals surface area contributed by atoms with E-state index in [1.54, 1.807) is 7.05 Å². The number of nitrogens with zero attached hydrogens (tertiary/aromatic N) is 2. The minimum Gasteiger partial charge on any atom is -0.355 e. The number of nitrogens with one attached hydrogen (secondary N) is 1. The third-order valence-electron chi connectivity index (χ3n) is 7.63. The first-order chi connectivity index (χ1) is 16.6. The molecule has 0 aromatic heterocycles. The number of carbonyl (C=O) groups is 2. The summed E-state index contributed by atoms with van der Waals surface area (Å²) in [6.07, 6.45) is 1.54. The molecule has 2 aliphatic rings. The smallest absolute Gasteiger partial charge is 0.251 e. The molecule has 2 amide bonds. The van der Waals surface area contributed by atoms with E-state index < -0.39 is 11.6 Å². The summed E-state index contributed by atoms with van der Waals surface area (Å²) in [5.74, 6) is -1.78. The van der Waals surface area contributed by atoms with Crippen molar-refractivity contribution >= 4 is 11.8 Å². The summed E-state index contributed by atoms with van der Waals surface area (Å²) in [4.78, 5) is 30.2. The van der Waals surface area contributed by atoms with Gasteiger partial charge in [-0.15, -0.1) is 0 Å². The third kappa shape index (κ3) is 5.25. The van der Waals surface area contributed by atoms with Crippen molar-refractivity contribution < 1.29 is 18.4 Å². The second-order valence-corrected chi connectivity index (χ2v) is 10.7. The lowest BCUT2D eigenvalue weighted by Crippen LogP contribution is -2.44. The van der Waals surface area contributed by atoms with E-state index in [1.807, 2.05) is 29.2 Å². The highest BCUT2D eigenvalue weighted by Gasteiger charge is 2.44. The average molecular weight is 484 g/mol. The molecule has 2 heterocycles. The second kappa shape index (κ2) is 10.1. The zero-order valence-corrected chi connectivity index (χ0v) is 21.0. The maximum atomic E-state index is 14.8. The Balaban J connectivity index is 1.52. The van der Waals surface area contributed by atoms with Crippen LogP contribution in [0.25, 0.3) is 0 Å². The van der Waals surface area contributed by atoms with Gasteiger partial charge in [0.1, 0.15) is 11.6 Å². The van der Waals surface area contributed by atoms with E-state index in [9.17, 15) is 18.4 Å². The molecule has 2 unspecified atom stereocenters. The molecule has 0 radical (unpaired) electrons. The lowest BCUT2D eigenvalue weighted by atomic mass is 9.84. The Morgan fingerprint density at radius 1 is 0.971 bits per heavy atom. The Labute approximate surface area is 206 Å². The molecule has 1 N–H and O–H groups in total. The maximum absolute atomic E-state index is 14.8. The zero-order valence-electron chi connectivity index (χ0n) is 21.0. The van der Waals surface area contributed by atoms with Gasteiger partial charge < -0.3 is 10.2 Å². The second-order valence-electron chi connectivity index (χ2n) is 10.7. The van der Waals surface area contributed by atoms with Crippen LogP contribution in [0.15, 0.2) is 42.5 Å². The normalized spacial score (nSPS) is 21.8. The largest absolute Gasteiger partial charge is 0.355 e. The number of hydrogen-bond acceptors (Lipinski definition) is 3. The van der Waals surface area contributed by atoms with Gasteiger partial charge in [0.15, 0.2) is 0 Å². The Bertz CT molecular complexity index is 1090. The number of amides is 2. The van der Waals surface area contributed by atoms with Crippen molar-refractivity contribution in [1.82, 2.24) is 15.1 Å². The number of likely N-dealkylation sites (tertiary alicyclic amines) is 2. The summed E-state index contributed by atoms with van der Waals surface area (Å²) >= 11 is 0. The van der Waals surface area contributed by atoms with Gasteiger partial charge in [-0.2, -0.15) is 0 Å². The number of halogens is 2. The van der Waals surface area contributed by atoms with Gasteiger partial charge in [-0.3, -0.25) is 14.5 Å². The SMILES string of the molecule is CNC(=O)c1ccccc1C1CCN(C(=O)C2CN(C(C)(C)C)CC2c2ccc(F)cc2F)CC1. The number of hydrogen-bond donors (Lipinski definition) is 1. The first-order valence-corrected chi connectivity index (χ1v) is 12.4. The molecule has 2 saturated heterocycles. The number of benzene rings is 2. The standard InChI is InChI=1S/C28H35F2N3O2/c1-28(2,3)33-16-23(21-10-9-19(29)15-25(21)30)24(17-33)27(35)32-13-11-18(12-14-32)20-7-5-6-8-22(20)26(34)31-4/h5-10,15,18,23-24H,11-14,16-17H2,1-4H3,(H,31,34). The number of piperidine rings is 1. The molecule has 2 aliphatic heterocycles. The van der Waals surface area contributed by atoms with Crippen LogP contribution in [0.3, 0.4) is 0 Å². The highest BCUT2D eigenvalue weighted by Crippen LogP contribution is 2.39. The van der Waals surface area contributed by atoms with E-state index >= 15 is 0 Å². The molecule has 0 saturated carbocycles. The lowest BCUT2D eigenvalue weighted by Gasteiger charge is -2.35. The number of rotatable bonds is 4. The Hall–Kier alpha value is -2.80. The summed E-state index contributed by atoms with van der Waals surface area (Å²) in [5, 5.41) is 2.71.